The normalized spacial score (nSPS) is 31.4. The third-order valence-corrected chi connectivity index (χ3v) is 7.91. The van der Waals surface area contributed by atoms with E-state index in [0.29, 0.717) is 6.04 Å². The number of carboxylic acids is 1. The fraction of sp³-hybridized carbons (Fsp3) is 0.684. The van der Waals surface area contributed by atoms with Crippen LogP contribution >= 0.6 is 11.8 Å². The highest BCUT2D eigenvalue weighted by molar-refractivity contribution is 8.03. The number of amides is 1. The number of aliphatic hydroxyl groups is 1. The van der Waals surface area contributed by atoms with E-state index in [1.165, 1.54) is 4.90 Å². The van der Waals surface area contributed by atoms with Gasteiger partial charge in [-0.25, -0.2) is 9.36 Å². The van der Waals surface area contributed by atoms with Crippen molar-refractivity contribution in [2.24, 2.45) is 25.9 Å². The lowest BCUT2D eigenvalue weighted by atomic mass is 9.79. The van der Waals surface area contributed by atoms with Crippen molar-refractivity contribution in [3.05, 3.63) is 22.8 Å². The number of aliphatic carboxylic acids is 1. The molecule has 11 heteroatoms. The fourth-order valence-corrected chi connectivity index (χ4v) is 6.42. The number of rotatable bonds is 6. The summed E-state index contributed by atoms with van der Waals surface area (Å²) in [5, 5.41) is 27.8. The molecule has 1 aromatic heterocycles. The molecule has 2 saturated heterocycles. The summed E-state index contributed by atoms with van der Waals surface area (Å²) in [6, 6.07) is 0.0401. The van der Waals surface area contributed by atoms with Crippen molar-refractivity contribution in [3.63, 3.8) is 0 Å². The number of aromatic nitrogens is 3. The molecule has 0 aromatic carbocycles. The highest BCUT2D eigenvalue weighted by Crippen LogP contribution is 2.51. The number of fused-ring (bicyclic) bond motifs is 1. The third kappa shape index (κ3) is 3.63. The molecule has 0 radical (unpaired) electrons. The van der Waals surface area contributed by atoms with E-state index in [1.807, 2.05) is 30.3 Å². The predicted molar refractivity (Wildman–Crippen MR) is 106 cm³/mol. The summed E-state index contributed by atoms with van der Waals surface area (Å²) in [6.45, 7) is 4.36. The minimum Gasteiger partial charge on any atom is -1.00 e. The van der Waals surface area contributed by atoms with Crippen LogP contribution in [-0.2, 0) is 30.1 Å². The molecule has 0 aliphatic carbocycles. The molecule has 6 atom stereocenters. The first-order valence-corrected chi connectivity index (χ1v) is 10.8. The van der Waals surface area contributed by atoms with Gasteiger partial charge in [0.2, 0.25) is 11.7 Å². The molecule has 4 heterocycles. The van der Waals surface area contributed by atoms with E-state index in [4.69, 9.17) is 0 Å². The van der Waals surface area contributed by atoms with E-state index < -0.39 is 18.0 Å². The zero-order valence-corrected chi connectivity index (χ0v) is 19.0. The molecular formula is C19H28ClN5O4S. The number of hydrogen-bond acceptors (Lipinski definition) is 6. The first-order valence-electron chi connectivity index (χ1n) is 9.95. The molecule has 0 saturated carbocycles. The van der Waals surface area contributed by atoms with Crippen LogP contribution in [0.1, 0.15) is 26.1 Å². The highest BCUT2D eigenvalue weighted by atomic mass is 35.5. The molecule has 3 N–H and O–H groups in total. The topological polar surface area (TPSA) is 112 Å². The van der Waals surface area contributed by atoms with Gasteiger partial charge in [-0.3, -0.25) is 4.79 Å². The Balaban J connectivity index is 0.00000256. The molecule has 1 aromatic rings. The molecule has 4 rings (SSSR count). The maximum absolute atomic E-state index is 12.5. The van der Waals surface area contributed by atoms with Gasteiger partial charge < -0.3 is 32.8 Å². The summed E-state index contributed by atoms with van der Waals surface area (Å²) in [7, 11) is 3.91. The van der Waals surface area contributed by atoms with Gasteiger partial charge in [-0.05, 0) is 13.3 Å². The number of aryl methyl sites for hydroxylation is 2. The molecule has 3 aliphatic heterocycles. The van der Waals surface area contributed by atoms with Crippen molar-refractivity contribution in [2.45, 2.75) is 50.1 Å². The molecule has 0 spiro atoms. The Labute approximate surface area is 185 Å². The average Bonchev–Trinajstić information content (AvgIpc) is 3.28. The number of carbonyl (C=O) groups is 2. The van der Waals surface area contributed by atoms with Crippen LogP contribution in [0.4, 0.5) is 0 Å². The van der Waals surface area contributed by atoms with Crippen molar-refractivity contribution >= 4 is 23.6 Å². The van der Waals surface area contributed by atoms with Crippen LogP contribution in [0.2, 0.25) is 0 Å². The van der Waals surface area contributed by atoms with E-state index in [9.17, 15) is 19.8 Å². The molecular weight excluding hydrogens is 430 g/mol. The van der Waals surface area contributed by atoms with Gasteiger partial charge in [-0.15, -0.1) is 16.4 Å². The number of thioether (sulfide) groups is 1. The molecule has 30 heavy (non-hydrogen) atoms. The van der Waals surface area contributed by atoms with Gasteiger partial charge in [0.15, 0.2) is 0 Å². The van der Waals surface area contributed by atoms with Gasteiger partial charge in [-0.1, -0.05) is 6.92 Å². The number of hydrogen-bond donors (Lipinski definition) is 3. The van der Waals surface area contributed by atoms with E-state index in [1.54, 1.807) is 25.0 Å². The van der Waals surface area contributed by atoms with Gasteiger partial charge >= 0.3 is 5.97 Å². The third-order valence-electron chi connectivity index (χ3n) is 6.39. The van der Waals surface area contributed by atoms with Gasteiger partial charge in [0.05, 0.1) is 38.6 Å². The van der Waals surface area contributed by atoms with E-state index in [0.717, 1.165) is 30.1 Å². The highest BCUT2D eigenvalue weighted by Gasteiger charge is 2.60. The summed E-state index contributed by atoms with van der Waals surface area (Å²) in [5.41, 5.74) is 0.107. The Hall–Kier alpha value is -1.62. The van der Waals surface area contributed by atoms with Crippen molar-refractivity contribution in [2.75, 3.05) is 6.54 Å². The van der Waals surface area contributed by atoms with Crippen LogP contribution in [0.3, 0.4) is 0 Å². The minimum atomic E-state index is -1.07. The van der Waals surface area contributed by atoms with Gasteiger partial charge in [0, 0.05) is 33.8 Å². The van der Waals surface area contributed by atoms with E-state index in [-0.39, 0.29) is 41.2 Å². The average molecular weight is 458 g/mol. The minimum absolute atomic E-state index is 0. The SMILES string of the molecule is C[C@@H](O)[C@H]1C(=O)N2C(C(=O)O)=C(S[C@@H]3CN[C@H](Cc4n(C)nc[n+]4C)C3)[C@H](C)[C@H]12.[Cl-]. The quantitative estimate of drug-likeness (QED) is 0.299. The molecule has 0 bridgehead atoms. The Kier molecular flexibility index (Phi) is 6.52. The van der Waals surface area contributed by atoms with Gasteiger partial charge in [-0.2, -0.15) is 0 Å². The van der Waals surface area contributed by atoms with Crippen LogP contribution < -0.4 is 22.3 Å². The molecule has 166 valence electrons. The van der Waals surface area contributed by atoms with Crippen molar-refractivity contribution < 1.29 is 36.8 Å². The first-order chi connectivity index (χ1) is 13.7. The number of carboxylic acid groups (broad SMARTS) is 1. The second-order valence-electron chi connectivity index (χ2n) is 8.34. The summed E-state index contributed by atoms with van der Waals surface area (Å²) in [6.07, 6.45) is 2.78. The number of nitrogens with one attached hydrogen (secondary N) is 1. The van der Waals surface area contributed by atoms with Crippen LogP contribution in [-0.4, -0.2) is 66.8 Å². The Morgan fingerprint density at radius 1 is 1.50 bits per heavy atom. The standard InChI is InChI=1S/C19H27N5O4S.ClH/c1-9-15-14(10(2)25)18(26)24(15)16(19(27)28)17(9)29-12-5-11(20-7-12)6-13-22(3)8-21-23(13)4;/h8-12,14-15,20,25H,5-7H2,1-4H3;1H/t9-,10-,11+,12+,14-,15-;/m1./s1. The van der Waals surface area contributed by atoms with Crippen LogP contribution in [0.25, 0.3) is 0 Å². The molecule has 0 unspecified atom stereocenters. The summed E-state index contributed by atoms with van der Waals surface area (Å²) in [4.78, 5) is 26.5. The summed E-state index contributed by atoms with van der Waals surface area (Å²) >= 11 is 1.58. The second-order valence-corrected chi connectivity index (χ2v) is 9.68. The van der Waals surface area contributed by atoms with Crippen molar-refractivity contribution in [1.82, 2.24) is 20.0 Å². The number of aliphatic hydroxyl groups excluding tert-OH is 1. The van der Waals surface area contributed by atoms with Crippen LogP contribution in [0.15, 0.2) is 16.9 Å². The zero-order chi connectivity index (χ0) is 21.0. The molecule has 3 aliphatic rings. The maximum Gasteiger partial charge on any atom is 0.353 e. The summed E-state index contributed by atoms with van der Waals surface area (Å²) in [5.74, 6) is -0.823. The molecule has 2 fully saturated rings. The summed E-state index contributed by atoms with van der Waals surface area (Å²) < 4.78 is 3.89. The molecule has 9 nitrogen and oxygen atoms in total. The zero-order valence-electron chi connectivity index (χ0n) is 17.4. The Bertz CT molecular complexity index is 869. The lowest BCUT2D eigenvalue weighted by Crippen LogP contribution is -3.00. The number of β-lactam (4-membered cyclic amide) rings is 1. The van der Waals surface area contributed by atoms with Gasteiger partial charge in [0.25, 0.3) is 6.33 Å². The Morgan fingerprint density at radius 3 is 2.77 bits per heavy atom. The van der Waals surface area contributed by atoms with Gasteiger partial charge in [0.1, 0.15) is 5.70 Å². The Morgan fingerprint density at radius 2 is 2.20 bits per heavy atom. The van der Waals surface area contributed by atoms with E-state index in [2.05, 4.69) is 10.4 Å². The first kappa shape index (κ1) is 23.1. The van der Waals surface area contributed by atoms with E-state index >= 15 is 0 Å². The van der Waals surface area contributed by atoms with Crippen LogP contribution in [0, 0.1) is 11.8 Å². The van der Waals surface area contributed by atoms with Crippen LogP contribution in [0.5, 0.6) is 0 Å². The largest absolute Gasteiger partial charge is 1.00 e. The fourth-order valence-electron chi connectivity index (χ4n) is 4.90. The molecule has 1 amide bonds. The number of halogens is 1. The smallest absolute Gasteiger partial charge is 0.353 e. The lowest BCUT2D eigenvalue weighted by Gasteiger charge is -2.46. The second kappa shape index (κ2) is 8.49. The predicted octanol–water partition coefficient (Wildman–Crippen LogP) is -3.59. The monoisotopic (exact) mass is 457 g/mol. The van der Waals surface area contributed by atoms with Crippen molar-refractivity contribution in [1.29, 1.82) is 0 Å². The van der Waals surface area contributed by atoms with Crippen molar-refractivity contribution in [3.8, 4) is 0 Å². The lowest BCUT2D eigenvalue weighted by molar-refractivity contribution is -0.680. The number of nitrogens with zero attached hydrogens (tertiary/aromatic N) is 4. The number of carbonyl (C=O) groups excluding carboxylic acids is 1. The maximum atomic E-state index is 12.5.